The fraction of sp³-hybridized carbons (Fsp3) is 0.240. The number of nitrogens with two attached hydrogens (primary N) is 1. The van der Waals surface area contributed by atoms with Crippen molar-refractivity contribution in [1.29, 1.82) is 5.26 Å². The fourth-order valence-corrected chi connectivity index (χ4v) is 3.71. The molecule has 0 saturated heterocycles. The van der Waals surface area contributed by atoms with E-state index in [-0.39, 0.29) is 35.9 Å². The molecule has 2 N–H and O–H groups in total. The highest BCUT2D eigenvalue weighted by molar-refractivity contribution is 6.06. The Hall–Kier alpha value is -4.25. The number of ether oxygens (including phenoxy) is 3. The Balaban J connectivity index is 2.37. The first-order valence-corrected chi connectivity index (χ1v) is 10.5. The molecule has 170 valence electrons. The zero-order valence-electron chi connectivity index (χ0n) is 18.7. The predicted molar refractivity (Wildman–Crippen MR) is 122 cm³/mol. The number of carbonyl (C=O) groups is 2. The molecule has 0 aromatic heterocycles. The number of benzene rings is 2. The Morgan fingerprint density at radius 1 is 1.00 bits per heavy atom. The van der Waals surface area contributed by atoms with Crippen LogP contribution in [0.1, 0.15) is 25.3 Å². The van der Waals surface area contributed by atoms with Gasteiger partial charge in [-0.25, -0.2) is 9.59 Å². The van der Waals surface area contributed by atoms with Crippen molar-refractivity contribution in [1.82, 2.24) is 0 Å². The normalized spacial score (nSPS) is 15.7. The number of hydrogen-bond donors (Lipinski definition) is 1. The van der Waals surface area contributed by atoms with E-state index in [1.165, 1.54) is 12.0 Å². The zero-order chi connectivity index (χ0) is 24.0. The van der Waals surface area contributed by atoms with Crippen LogP contribution >= 0.6 is 0 Å². The SMILES string of the molecule is CCOC(=O)C1=C(C(=O)OCC)N(c2ccccc2)C(N)=C(C#N)C1c1ccc(OC)cc1. The second-order valence-corrected chi connectivity index (χ2v) is 6.99. The van der Waals surface area contributed by atoms with Crippen molar-refractivity contribution in [3.05, 3.63) is 82.8 Å². The van der Waals surface area contributed by atoms with Crippen molar-refractivity contribution in [3.63, 3.8) is 0 Å². The van der Waals surface area contributed by atoms with Gasteiger partial charge in [-0.1, -0.05) is 30.3 Å². The minimum absolute atomic E-state index is 0.0185. The zero-order valence-corrected chi connectivity index (χ0v) is 18.7. The average Bonchev–Trinajstić information content (AvgIpc) is 2.84. The van der Waals surface area contributed by atoms with Crippen LogP contribution in [0.2, 0.25) is 0 Å². The third kappa shape index (κ3) is 4.53. The van der Waals surface area contributed by atoms with Gasteiger partial charge in [0.1, 0.15) is 17.3 Å². The lowest BCUT2D eigenvalue weighted by Crippen LogP contribution is -2.41. The summed E-state index contributed by atoms with van der Waals surface area (Å²) in [6.45, 7) is 3.50. The van der Waals surface area contributed by atoms with Crippen LogP contribution in [-0.4, -0.2) is 32.3 Å². The third-order valence-electron chi connectivity index (χ3n) is 5.12. The van der Waals surface area contributed by atoms with E-state index in [9.17, 15) is 14.9 Å². The van der Waals surface area contributed by atoms with E-state index in [0.717, 1.165) is 0 Å². The summed E-state index contributed by atoms with van der Waals surface area (Å²) in [5.41, 5.74) is 7.56. The van der Waals surface area contributed by atoms with Gasteiger partial charge in [-0.05, 0) is 43.7 Å². The van der Waals surface area contributed by atoms with Gasteiger partial charge < -0.3 is 19.9 Å². The number of carbonyl (C=O) groups excluding carboxylic acids is 2. The van der Waals surface area contributed by atoms with Crippen molar-refractivity contribution in [3.8, 4) is 11.8 Å². The van der Waals surface area contributed by atoms with Gasteiger partial charge in [0, 0.05) is 5.69 Å². The Labute approximate surface area is 192 Å². The summed E-state index contributed by atoms with van der Waals surface area (Å²) in [4.78, 5) is 27.8. The number of hydrogen-bond acceptors (Lipinski definition) is 8. The molecule has 0 amide bonds. The number of nitriles is 1. The quantitative estimate of drug-likeness (QED) is 0.643. The van der Waals surface area contributed by atoms with E-state index in [4.69, 9.17) is 19.9 Å². The summed E-state index contributed by atoms with van der Waals surface area (Å²) in [5, 5.41) is 10.1. The van der Waals surface area contributed by atoms with Crippen LogP contribution in [0.4, 0.5) is 5.69 Å². The molecule has 3 rings (SSSR count). The summed E-state index contributed by atoms with van der Waals surface area (Å²) in [6, 6.07) is 17.7. The minimum Gasteiger partial charge on any atom is -0.497 e. The Morgan fingerprint density at radius 3 is 2.15 bits per heavy atom. The lowest BCUT2D eigenvalue weighted by atomic mass is 9.81. The maximum absolute atomic E-state index is 13.3. The molecule has 1 heterocycles. The van der Waals surface area contributed by atoms with Crippen molar-refractivity contribution in [2.75, 3.05) is 25.2 Å². The Morgan fingerprint density at radius 2 is 1.61 bits per heavy atom. The highest BCUT2D eigenvalue weighted by Gasteiger charge is 2.43. The van der Waals surface area contributed by atoms with Gasteiger partial charge in [0.15, 0.2) is 0 Å². The van der Waals surface area contributed by atoms with Gasteiger partial charge in [0.2, 0.25) is 0 Å². The van der Waals surface area contributed by atoms with Crippen LogP contribution in [0.25, 0.3) is 0 Å². The first-order valence-electron chi connectivity index (χ1n) is 10.5. The second kappa shape index (κ2) is 10.4. The lowest BCUT2D eigenvalue weighted by Gasteiger charge is -2.36. The summed E-state index contributed by atoms with van der Waals surface area (Å²) < 4.78 is 15.8. The molecule has 2 aromatic carbocycles. The monoisotopic (exact) mass is 447 g/mol. The van der Waals surface area contributed by atoms with Crippen LogP contribution in [-0.2, 0) is 19.1 Å². The van der Waals surface area contributed by atoms with E-state index in [2.05, 4.69) is 6.07 Å². The first-order chi connectivity index (χ1) is 16.0. The van der Waals surface area contributed by atoms with Crippen molar-refractivity contribution in [2.24, 2.45) is 5.73 Å². The molecule has 1 atom stereocenters. The van der Waals surface area contributed by atoms with Crippen LogP contribution in [0, 0.1) is 11.3 Å². The number of allylic oxidation sites excluding steroid dienone is 1. The van der Waals surface area contributed by atoms with Crippen molar-refractivity contribution in [2.45, 2.75) is 19.8 Å². The summed E-state index contributed by atoms with van der Waals surface area (Å²) in [5.74, 6) is -1.78. The molecule has 0 spiro atoms. The molecule has 0 saturated carbocycles. The van der Waals surface area contributed by atoms with E-state index < -0.39 is 17.9 Å². The maximum Gasteiger partial charge on any atom is 0.355 e. The van der Waals surface area contributed by atoms with E-state index >= 15 is 0 Å². The molecule has 0 radical (unpaired) electrons. The number of nitrogens with zero attached hydrogens (tertiary/aromatic N) is 2. The molecule has 0 bridgehead atoms. The highest BCUT2D eigenvalue weighted by atomic mass is 16.5. The Kier molecular flexibility index (Phi) is 7.36. The lowest BCUT2D eigenvalue weighted by molar-refractivity contribution is -0.142. The van der Waals surface area contributed by atoms with E-state index in [1.54, 1.807) is 68.4 Å². The highest BCUT2D eigenvalue weighted by Crippen LogP contribution is 2.43. The van der Waals surface area contributed by atoms with Crippen LogP contribution in [0.15, 0.2) is 77.3 Å². The summed E-state index contributed by atoms with van der Waals surface area (Å²) in [7, 11) is 1.54. The van der Waals surface area contributed by atoms with Crippen molar-refractivity contribution < 1.29 is 23.8 Å². The van der Waals surface area contributed by atoms with Crippen LogP contribution in [0.3, 0.4) is 0 Å². The van der Waals surface area contributed by atoms with Gasteiger partial charge in [-0.15, -0.1) is 0 Å². The summed E-state index contributed by atoms with van der Waals surface area (Å²) >= 11 is 0. The molecule has 8 heteroatoms. The first kappa shape index (κ1) is 23.4. The maximum atomic E-state index is 13.3. The number of esters is 2. The fourth-order valence-electron chi connectivity index (χ4n) is 3.71. The van der Waals surface area contributed by atoms with Crippen molar-refractivity contribution >= 4 is 17.6 Å². The number of para-hydroxylation sites is 1. The van der Waals surface area contributed by atoms with Gasteiger partial charge in [-0.3, -0.25) is 4.90 Å². The predicted octanol–water partition coefficient (Wildman–Crippen LogP) is 3.37. The smallest absolute Gasteiger partial charge is 0.355 e. The van der Waals surface area contributed by atoms with Crippen LogP contribution in [0.5, 0.6) is 5.75 Å². The number of methoxy groups -OCH3 is 1. The molecule has 8 nitrogen and oxygen atoms in total. The van der Waals surface area contributed by atoms with Gasteiger partial charge >= 0.3 is 11.9 Å². The van der Waals surface area contributed by atoms with Crippen LogP contribution < -0.4 is 15.4 Å². The number of anilines is 1. The topological polar surface area (TPSA) is 115 Å². The third-order valence-corrected chi connectivity index (χ3v) is 5.12. The number of rotatable bonds is 7. The van der Waals surface area contributed by atoms with E-state index in [1.807, 2.05) is 0 Å². The molecule has 0 fully saturated rings. The molecule has 1 aliphatic rings. The standard InChI is InChI=1S/C25H25N3O5/c1-4-32-24(29)21-20(16-11-13-18(31-3)14-12-16)19(15-26)23(27)28(17-9-7-6-8-10-17)22(21)25(30)33-5-2/h6-14,20H,4-5,27H2,1-3H3. The molecular formula is C25H25N3O5. The minimum atomic E-state index is -0.931. The molecule has 2 aromatic rings. The van der Waals surface area contributed by atoms with Gasteiger partial charge in [0.25, 0.3) is 0 Å². The summed E-state index contributed by atoms with van der Waals surface area (Å²) in [6.07, 6.45) is 0. The molecule has 1 unspecified atom stereocenters. The molecule has 1 aliphatic heterocycles. The molecular weight excluding hydrogens is 422 g/mol. The average molecular weight is 447 g/mol. The largest absolute Gasteiger partial charge is 0.497 e. The van der Waals surface area contributed by atoms with Gasteiger partial charge in [-0.2, -0.15) is 5.26 Å². The van der Waals surface area contributed by atoms with E-state index in [0.29, 0.717) is 17.0 Å². The van der Waals surface area contributed by atoms with Gasteiger partial charge in [0.05, 0.1) is 43.5 Å². The second-order valence-electron chi connectivity index (χ2n) is 6.99. The molecule has 0 aliphatic carbocycles. The molecule has 33 heavy (non-hydrogen) atoms. The Bertz CT molecular complexity index is 1130.